The summed E-state index contributed by atoms with van der Waals surface area (Å²) < 4.78 is 0. The first-order valence-electron chi connectivity index (χ1n) is 5.77. The zero-order chi connectivity index (χ0) is 11.3. The van der Waals surface area contributed by atoms with Crippen molar-refractivity contribution in [1.82, 2.24) is 10.2 Å². The second-order valence-corrected chi connectivity index (χ2v) is 4.82. The molecule has 0 unspecified atom stereocenters. The monoisotopic (exact) mass is 340 g/mol. The van der Waals surface area contributed by atoms with Gasteiger partial charge in [0.1, 0.15) is 0 Å². The number of piperidine rings is 1. The molecular formula is C11H25IN4. The molecule has 0 aliphatic carbocycles. The summed E-state index contributed by atoms with van der Waals surface area (Å²) in [4.78, 5) is 6.44. The molecule has 0 aromatic rings. The molecule has 0 atom stereocenters. The lowest BCUT2D eigenvalue weighted by atomic mass is 9.98. The third-order valence-corrected chi connectivity index (χ3v) is 3.16. The Balaban J connectivity index is 0.00000225. The standard InChI is InChI=1S/C11H24N4.HI/c1-11(2,9-14-10(12)13-3)15-7-5-4-6-8-15;/h4-9H2,1-3H3,(H3,12,13,14);1H. The number of likely N-dealkylation sites (tertiary alicyclic amines) is 1. The van der Waals surface area contributed by atoms with Crippen LogP contribution in [-0.4, -0.2) is 43.1 Å². The summed E-state index contributed by atoms with van der Waals surface area (Å²) in [6, 6.07) is 0. The van der Waals surface area contributed by atoms with Gasteiger partial charge in [0.05, 0.1) is 0 Å². The van der Waals surface area contributed by atoms with Gasteiger partial charge in [0, 0.05) is 19.1 Å². The van der Waals surface area contributed by atoms with E-state index in [1.54, 1.807) is 7.05 Å². The Bertz CT molecular complexity index is 222. The normalized spacial score (nSPS) is 19.1. The summed E-state index contributed by atoms with van der Waals surface area (Å²) in [6.45, 7) is 7.79. The molecule has 1 rings (SSSR count). The minimum absolute atomic E-state index is 0. The fourth-order valence-electron chi connectivity index (χ4n) is 2.00. The molecule has 0 spiro atoms. The van der Waals surface area contributed by atoms with Crippen LogP contribution in [0.5, 0.6) is 0 Å². The Labute approximate surface area is 116 Å². The Kier molecular flexibility index (Phi) is 7.30. The van der Waals surface area contributed by atoms with E-state index in [9.17, 15) is 0 Å². The first-order valence-corrected chi connectivity index (χ1v) is 5.77. The Morgan fingerprint density at radius 2 is 1.88 bits per heavy atom. The van der Waals surface area contributed by atoms with Gasteiger partial charge in [0.15, 0.2) is 5.96 Å². The van der Waals surface area contributed by atoms with Gasteiger partial charge >= 0.3 is 0 Å². The molecule has 3 N–H and O–H groups in total. The van der Waals surface area contributed by atoms with Crippen molar-refractivity contribution in [2.75, 3.05) is 26.7 Å². The zero-order valence-corrected chi connectivity index (χ0v) is 13.0. The summed E-state index contributed by atoms with van der Waals surface area (Å²) >= 11 is 0. The molecular weight excluding hydrogens is 315 g/mol. The Hall–Kier alpha value is -0.0400. The van der Waals surface area contributed by atoms with Crippen LogP contribution in [0.15, 0.2) is 4.99 Å². The van der Waals surface area contributed by atoms with Crippen LogP contribution < -0.4 is 11.1 Å². The second kappa shape index (κ2) is 7.32. The minimum Gasteiger partial charge on any atom is -0.370 e. The predicted molar refractivity (Wildman–Crippen MR) is 80.5 cm³/mol. The lowest BCUT2D eigenvalue weighted by molar-refractivity contribution is 0.0983. The summed E-state index contributed by atoms with van der Waals surface area (Å²) in [5, 5.41) is 3.16. The van der Waals surface area contributed by atoms with Crippen molar-refractivity contribution in [3.05, 3.63) is 0 Å². The van der Waals surface area contributed by atoms with E-state index in [1.807, 2.05) is 0 Å². The fraction of sp³-hybridized carbons (Fsp3) is 0.909. The van der Waals surface area contributed by atoms with Crippen molar-refractivity contribution < 1.29 is 0 Å². The number of hydrogen-bond donors (Lipinski definition) is 2. The molecule has 4 nitrogen and oxygen atoms in total. The van der Waals surface area contributed by atoms with Gasteiger partial charge < -0.3 is 11.1 Å². The van der Waals surface area contributed by atoms with Crippen molar-refractivity contribution in [3.8, 4) is 0 Å². The SMILES string of the molecule is CN=C(N)NCC(C)(C)N1CCCCC1.I. The molecule has 1 saturated heterocycles. The third kappa shape index (κ3) is 4.86. The highest BCUT2D eigenvalue weighted by atomic mass is 127. The summed E-state index contributed by atoms with van der Waals surface area (Å²) in [7, 11) is 1.70. The maximum absolute atomic E-state index is 5.63. The summed E-state index contributed by atoms with van der Waals surface area (Å²) in [5.41, 5.74) is 5.79. The molecule has 96 valence electrons. The van der Waals surface area contributed by atoms with E-state index in [4.69, 9.17) is 5.73 Å². The van der Waals surface area contributed by atoms with Crippen LogP contribution in [-0.2, 0) is 0 Å². The van der Waals surface area contributed by atoms with Crippen LogP contribution in [0.25, 0.3) is 0 Å². The number of nitrogens with one attached hydrogen (secondary N) is 1. The Morgan fingerprint density at radius 1 is 1.31 bits per heavy atom. The highest BCUT2D eigenvalue weighted by Crippen LogP contribution is 2.19. The highest BCUT2D eigenvalue weighted by Gasteiger charge is 2.27. The van der Waals surface area contributed by atoms with E-state index < -0.39 is 0 Å². The van der Waals surface area contributed by atoms with E-state index in [0.29, 0.717) is 5.96 Å². The Morgan fingerprint density at radius 3 is 2.38 bits per heavy atom. The molecule has 16 heavy (non-hydrogen) atoms. The summed E-state index contributed by atoms with van der Waals surface area (Å²) in [6.07, 6.45) is 4.01. The van der Waals surface area contributed by atoms with Gasteiger partial charge in [-0.3, -0.25) is 9.89 Å². The van der Waals surface area contributed by atoms with Gasteiger partial charge in [-0.2, -0.15) is 0 Å². The first-order chi connectivity index (χ1) is 7.06. The van der Waals surface area contributed by atoms with Crippen molar-refractivity contribution in [1.29, 1.82) is 0 Å². The number of nitrogens with zero attached hydrogens (tertiary/aromatic N) is 2. The van der Waals surface area contributed by atoms with E-state index in [1.165, 1.54) is 32.4 Å². The molecule has 1 heterocycles. The molecule has 0 bridgehead atoms. The quantitative estimate of drug-likeness (QED) is 0.464. The second-order valence-electron chi connectivity index (χ2n) is 4.82. The topological polar surface area (TPSA) is 53.6 Å². The molecule has 0 radical (unpaired) electrons. The van der Waals surface area contributed by atoms with Crippen molar-refractivity contribution >= 4 is 29.9 Å². The molecule has 5 heteroatoms. The van der Waals surface area contributed by atoms with Crippen LogP contribution in [0.4, 0.5) is 0 Å². The molecule has 1 fully saturated rings. The molecule has 0 aromatic heterocycles. The van der Waals surface area contributed by atoms with Crippen LogP contribution in [0.3, 0.4) is 0 Å². The van der Waals surface area contributed by atoms with Gasteiger partial charge in [-0.25, -0.2) is 0 Å². The van der Waals surface area contributed by atoms with E-state index >= 15 is 0 Å². The highest BCUT2D eigenvalue weighted by molar-refractivity contribution is 14.0. The van der Waals surface area contributed by atoms with Crippen LogP contribution in [0.1, 0.15) is 33.1 Å². The van der Waals surface area contributed by atoms with Crippen LogP contribution in [0, 0.1) is 0 Å². The average molecular weight is 340 g/mol. The van der Waals surface area contributed by atoms with Gasteiger partial charge in [0.2, 0.25) is 0 Å². The van der Waals surface area contributed by atoms with E-state index in [2.05, 4.69) is 29.1 Å². The molecule has 0 aromatic carbocycles. The van der Waals surface area contributed by atoms with E-state index in [0.717, 1.165) is 6.54 Å². The first kappa shape index (κ1) is 16.0. The number of nitrogens with two attached hydrogens (primary N) is 1. The van der Waals surface area contributed by atoms with Crippen molar-refractivity contribution in [2.45, 2.75) is 38.6 Å². The molecule has 1 aliphatic heterocycles. The van der Waals surface area contributed by atoms with Crippen LogP contribution >= 0.6 is 24.0 Å². The lowest BCUT2D eigenvalue weighted by Gasteiger charge is -2.41. The number of guanidine groups is 1. The predicted octanol–water partition coefficient (Wildman–Crippen LogP) is 1.40. The number of halogens is 1. The number of rotatable bonds is 3. The maximum Gasteiger partial charge on any atom is 0.188 e. The number of aliphatic imine (C=N–C) groups is 1. The molecule has 0 saturated carbocycles. The molecule has 1 aliphatic rings. The largest absolute Gasteiger partial charge is 0.370 e. The fourth-order valence-corrected chi connectivity index (χ4v) is 2.00. The maximum atomic E-state index is 5.63. The average Bonchev–Trinajstić information content (AvgIpc) is 2.27. The minimum atomic E-state index is 0. The van der Waals surface area contributed by atoms with Gasteiger partial charge in [-0.15, -0.1) is 24.0 Å². The van der Waals surface area contributed by atoms with E-state index in [-0.39, 0.29) is 29.5 Å². The van der Waals surface area contributed by atoms with Gasteiger partial charge in [0.25, 0.3) is 0 Å². The number of hydrogen-bond acceptors (Lipinski definition) is 2. The molecule has 0 amide bonds. The van der Waals surface area contributed by atoms with Crippen molar-refractivity contribution in [3.63, 3.8) is 0 Å². The van der Waals surface area contributed by atoms with Crippen molar-refractivity contribution in [2.24, 2.45) is 10.7 Å². The summed E-state index contributed by atoms with van der Waals surface area (Å²) in [5.74, 6) is 0.528. The third-order valence-electron chi connectivity index (χ3n) is 3.16. The smallest absolute Gasteiger partial charge is 0.188 e. The lowest BCUT2D eigenvalue weighted by Crippen LogP contribution is -2.54. The van der Waals surface area contributed by atoms with Gasteiger partial charge in [-0.1, -0.05) is 6.42 Å². The zero-order valence-electron chi connectivity index (χ0n) is 10.6. The van der Waals surface area contributed by atoms with Gasteiger partial charge in [-0.05, 0) is 39.8 Å². The van der Waals surface area contributed by atoms with Crippen LogP contribution in [0.2, 0.25) is 0 Å².